The third kappa shape index (κ3) is 1.76. The van der Waals surface area contributed by atoms with Gasteiger partial charge in [-0.25, -0.2) is 8.91 Å². The Morgan fingerprint density at radius 2 is 2.06 bits per heavy atom. The van der Waals surface area contributed by atoms with Crippen LogP contribution in [0.4, 0.5) is 4.39 Å². The molecule has 0 aliphatic carbocycles. The van der Waals surface area contributed by atoms with Crippen molar-refractivity contribution in [3.63, 3.8) is 0 Å². The smallest absolute Gasteiger partial charge is 0.142 e. The van der Waals surface area contributed by atoms with Gasteiger partial charge >= 0.3 is 0 Å². The monoisotopic (exact) mass is 241 g/mol. The third-order valence-electron chi connectivity index (χ3n) is 3.02. The van der Waals surface area contributed by atoms with E-state index in [1.165, 1.54) is 17.8 Å². The minimum absolute atomic E-state index is 0.331. The van der Waals surface area contributed by atoms with Crippen LogP contribution in [0.3, 0.4) is 0 Å². The van der Waals surface area contributed by atoms with Gasteiger partial charge in [-0.2, -0.15) is 5.10 Å². The summed E-state index contributed by atoms with van der Waals surface area (Å²) < 4.78 is 15.0. The largest absolute Gasteiger partial charge is 0.261 e. The molecular formula is C14H12FN3. The fourth-order valence-electron chi connectivity index (χ4n) is 2.05. The number of halogens is 1. The van der Waals surface area contributed by atoms with E-state index in [4.69, 9.17) is 0 Å². The van der Waals surface area contributed by atoms with E-state index in [1.807, 2.05) is 29.0 Å². The Morgan fingerprint density at radius 1 is 1.17 bits per heavy atom. The Hall–Kier alpha value is -2.23. The summed E-state index contributed by atoms with van der Waals surface area (Å²) >= 11 is 0. The van der Waals surface area contributed by atoms with Gasteiger partial charge in [-0.05, 0) is 24.1 Å². The van der Waals surface area contributed by atoms with Crippen LogP contribution in [0, 0.1) is 5.82 Å². The predicted octanol–water partition coefficient (Wildman–Crippen LogP) is 3.10. The standard InChI is InChI=1S/C14H12FN3/c1-2-10-7-17-18-9-11(3-4-14(10)18)12-5-13(15)8-16-6-12/h3-9H,2H2,1H3. The number of fused-ring (bicyclic) bond motifs is 1. The van der Waals surface area contributed by atoms with Crippen LogP contribution in [0.5, 0.6) is 0 Å². The van der Waals surface area contributed by atoms with Gasteiger partial charge in [0.2, 0.25) is 0 Å². The maximum Gasteiger partial charge on any atom is 0.142 e. The van der Waals surface area contributed by atoms with Crippen LogP contribution in [0.2, 0.25) is 0 Å². The van der Waals surface area contributed by atoms with Gasteiger partial charge in [0.1, 0.15) is 5.82 Å². The predicted molar refractivity (Wildman–Crippen MR) is 67.8 cm³/mol. The van der Waals surface area contributed by atoms with Gasteiger partial charge in [-0.15, -0.1) is 0 Å². The van der Waals surface area contributed by atoms with Gasteiger partial charge in [0, 0.05) is 23.5 Å². The second-order valence-electron chi connectivity index (χ2n) is 4.16. The molecule has 3 rings (SSSR count). The zero-order chi connectivity index (χ0) is 12.5. The molecule has 0 saturated heterocycles. The Balaban J connectivity index is 2.14. The van der Waals surface area contributed by atoms with Crippen molar-refractivity contribution in [2.24, 2.45) is 0 Å². The van der Waals surface area contributed by atoms with Gasteiger partial charge in [-0.1, -0.05) is 13.0 Å². The molecular weight excluding hydrogens is 229 g/mol. The quantitative estimate of drug-likeness (QED) is 0.690. The summed E-state index contributed by atoms with van der Waals surface area (Å²) in [7, 11) is 0. The third-order valence-corrected chi connectivity index (χ3v) is 3.02. The van der Waals surface area contributed by atoms with E-state index in [0.717, 1.165) is 23.1 Å². The molecule has 0 aliphatic heterocycles. The summed E-state index contributed by atoms with van der Waals surface area (Å²) in [4.78, 5) is 3.86. The van der Waals surface area contributed by atoms with E-state index >= 15 is 0 Å². The number of hydrogen-bond acceptors (Lipinski definition) is 2. The van der Waals surface area contributed by atoms with E-state index in [0.29, 0.717) is 0 Å². The molecule has 18 heavy (non-hydrogen) atoms. The summed E-state index contributed by atoms with van der Waals surface area (Å²) in [6.07, 6.45) is 7.55. The number of pyridine rings is 2. The molecule has 0 amide bonds. The number of nitrogens with zero attached hydrogens (tertiary/aromatic N) is 3. The molecule has 3 heterocycles. The average Bonchev–Trinajstić information content (AvgIpc) is 2.80. The highest BCUT2D eigenvalue weighted by Gasteiger charge is 2.05. The molecule has 3 aromatic heterocycles. The summed E-state index contributed by atoms with van der Waals surface area (Å²) in [6.45, 7) is 2.10. The van der Waals surface area contributed by atoms with Crippen LogP contribution in [0.25, 0.3) is 16.6 Å². The maximum atomic E-state index is 13.1. The molecule has 90 valence electrons. The van der Waals surface area contributed by atoms with Crippen LogP contribution >= 0.6 is 0 Å². The van der Waals surface area contributed by atoms with E-state index in [-0.39, 0.29) is 5.82 Å². The van der Waals surface area contributed by atoms with Gasteiger partial charge in [-0.3, -0.25) is 4.98 Å². The molecule has 3 aromatic rings. The molecule has 0 fully saturated rings. The van der Waals surface area contributed by atoms with Crippen molar-refractivity contribution in [3.05, 3.63) is 54.4 Å². The fraction of sp³-hybridized carbons (Fsp3) is 0.143. The summed E-state index contributed by atoms with van der Waals surface area (Å²) in [5.41, 5.74) is 3.95. The average molecular weight is 241 g/mol. The SMILES string of the molecule is CCc1cnn2cc(-c3cncc(F)c3)ccc12. The number of hydrogen-bond donors (Lipinski definition) is 0. The summed E-state index contributed by atoms with van der Waals surface area (Å²) in [5.74, 6) is -0.331. The minimum Gasteiger partial charge on any atom is -0.261 e. The first-order chi connectivity index (χ1) is 8.78. The zero-order valence-electron chi connectivity index (χ0n) is 9.97. The van der Waals surface area contributed by atoms with Crippen LogP contribution in [-0.2, 0) is 6.42 Å². The van der Waals surface area contributed by atoms with Gasteiger partial charge in [0.25, 0.3) is 0 Å². The van der Waals surface area contributed by atoms with E-state index in [1.54, 1.807) is 6.20 Å². The molecule has 0 aliphatic rings. The van der Waals surface area contributed by atoms with E-state index < -0.39 is 0 Å². The topological polar surface area (TPSA) is 30.2 Å². The number of aryl methyl sites for hydroxylation is 1. The number of rotatable bonds is 2. The molecule has 0 bridgehead atoms. The highest BCUT2D eigenvalue weighted by molar-refractivity contribution is 5.66. The van der Waals surface area contributed by atoms with Crippen molar-refractivity contribution in [1.82, 2.24) is 14.6 Å². The van der Waals surface area contributed by atoms with Gasteiger partial charge in [0.05, 0.1) is 17.9 Å². The molecule has 0 unspecified atom stereocenters. The van der Waals surface area contributed by atoms with Crippen LogP contribution in [-0.4, -0.2) is 14.6 Å². The number of aromatic nitrogens is 3. The lowest BCUT2D eigenvalue weighted by molar-refractivity contribution is 0.622. The van der Waals surface area contributed by atoms with E-state index in [9.17, 15) is 4.39 Å². The van der Waals surface area contributed by atoms with Gasteiger partial charge in [0.15, 0.2) is 0 Å². The molecule has 4 heteroatoms. The highest BCUT2D eigenvalue weighted by atomic mass is 19.1. The van der Waals surface area contributed by atoms with Crippen molar-refractivity contribution in [2.45, 2.75) is 13.3 Å². The first kappa shape index (κ1) is 10.9. The minimum atomic E-state index is -0.331. The van der Waals surface area contributed by atoms with Crippen LogP contribution in [0.1, 0.15) is 12.5 Å². The molecule has 3 nitrogen and oxygen atoms in total. The van der Waals surface area contributed by atoms with Crippen LogP contribution in [0.15, 0.2) is 43.0 Å². The molecule has 0 aromatic carbocycles. The Kier molecular flexibility index (Phi) is 2.55. The molecule has 0 spiro atoms. The molecule has 0 radical (unpaired) electrons. The van der Waals surface area contributed by atoms with Crippen molar-refractivity contribution < 1.29 is 4.39 Å². The first-order valence-electron chi connectivity index (χ1n) is 5.85. The van der Waals surface area contributed by atoms with Crippen molar-refractivity contribution in [1.29, 1.82) is 0 Å². The highest BCUT2D eigenvalue weighted by Crippen LogP contribution is 2.21. The van der Waals surface area contributed by atoms with Gasteiger partial charge < -0.3 is 0 Å². The first-order valence-corrected chi connectivity index (χ1v) is 5.85. The molecule has 0 N–H and O–H groups in total. The summed E-state index contributed by atoms with van der Waals surface area (Å²) in [5, 5.41) is 4.30. The molecule has 0 atom stereocenters. The Morgan fingerprint density at radius 3 is 2.83 bits per heavy atom. The van der Waals surface area contributed by atoms with Crippen LogP contribution < -0.4 is 0 Å². The van der Waals surface area contributed by atoms with Crippen molar-refractivity contribution in [2.75, 3.05) is 0 Å². The second kappa shape index (κ2) is 4.22. The lowest BCUT2D eigenvalue weighted by Gasteiger charge is -2.03. The Bertz CT molecular complexity index is 703. The second-order valence-corrected chi connectivity index (χ2v) is 4.16. The van der Waals surface area contributed by atoms with Crippen molar-refractivity contribution in [3.8, 4) is 11.1 Å². The van der Waals surface area contributed by atoms with Crippen molar-refractivity contribution >= 4 is 5.52 Å². The summed E-state index contributed by atoms with van der Waals surface area (Å²) in [6, 6.07) is 5.44. The lowest BCUT2D eigenvalue weighted by atomic mass is 10.1. The zero-order valence-corrected chi connectivity index (χ0v) is 9.97. The normalized spacial score (nSPS) is 11.0. The Labute approximate surface area is 104 Å². The fourth-order valence-corrected chi connectivity index (χ4v) is 2.05. The molecule has 0 saturated carbocycles. The maximum absolute atomic E-state index is 13.1. The van der Waals surface area contributed by atoms with E-state index in [2.05, 4.69) is 17.0 Å². The lowest BCUT2D eigenvalue weighted by Crippen LogP contribution is -1.90.